The van der Waals surface area contributed by atoms with Gasteiger partial charge in [0.1, 0.15) is 11.3 Å². The number of hydrogen-bond acceptors (Lipinski definition) is 6. The Morgan fingerprint density at radius 1 is 1.31 bits per heavy atom. The molecule has 2 heterocycles. The van der Waals surface area contributed by atoms with Crippen LogP contribution >= 0.6 is 11.8 Å². The minimum Gasteiger partial charge on any atom is -0.384 e. The number of H-pyrrole nitrogens is 1. The van der Waals surface area contributed by atoms with Crippen molar-refractivity contribution in [2.45, 2.75) is 18.2 Å². The van der Waals surface area contributed by atoms with Crippen molar-refractivity contribution < 1.29 is 8.78 Å². The van der Waals surface area contributed by atoms with Crippen LogP contribution in [-0.4, -0.2) is 33.2 Å². The first-order chi connectivity index (χ1) is 13.9. The summed E-state index contributed by atoms with van der Waals surface area (Å²) >= 11 is 1.57. The van der Waals surface area contributed by atoms with Gasteiger partial charge in [-0.05, 0) is 37.1 Å². The molecule has 1 aromatic carbocycles. The summed E-state index contributed by atoms with van der Waals surface area (Å²) in [5.74, 6) is -0.245. The highest BCUT2D eigenvalue weighted by Gasteiger charge is 2.17. The van der Waals surface area contributed by atoms with Crippen molar-refractivity contribution in [1.29, 1.82) is 0 Å². The Hall–Kier alpha value is -3.07. The van der Waals surface area contributed by atoms with E-state index in [0.717, 1.165) is 21.8 Å². The lowest BCUT2D eigenvalue weighted by molar-refractivity contribution is 0.142. The van der Waals surface area contributed by atoms with E-state index in [1.807, 2.05) is 43.3 Å². The fraction of sp³-hybridized carbons (Fsp3) is 0.200. The molecule has 0 aliphatic carbocycles. The predicted octanol–water partition coefficient (Wildman–Crippen LogP) is 5.38. The maximum Gasteiger partial charge on any atom is 0.295 e. The molecule has 29 heavy (non-hydrogen) atoms. The molecule has 0 atom stereocenters. The number of aromatic nitrogens is 3. The molecule has 0 bridgehead atoms. The number of pyridine rings is 1. The summed E-state index contributed by atoms with van der Waals surface area (Å²) in [4.78, 5) is 13.4. The number of aromatic amines is 1. The van der Waals surface area contributed by atoms with Crippen LogP contribution in [0.5, 0.6) is 0 Å². The molecule has 0 aliphatic heterocycles. The van der Waals surface area contributed by atoms with E-state index in [1.54, 1.807) is 24.0 Å². The monoisotopic (exact) mass is 416 g/mol. The largest absolute Gasteiger partial charge is 0.384 e. The Morgan fingerprint density at radius 3 is 2.69 bits per heavy atom. The molecule has 152 valence electrons. The zero-order valence-corrected chi connectivity index (χ0v) is 17.1. The van der Waals surface area contributed by atoms with Crippen LogP contribution in [0.1, 0.15) is 24.7 Å². The molecular weight excluding hydrogens is 394 g/mol. The van der Waals surface area contributed by atoms with Crippen molar-refractivity contribution in [2.75, 3.05) is 24.4 Å². The minimum atomic E-state index is -2.72. The number of nitrogens with zero attached hydrogens (tertiary/aromatic N) is 3. The average molecular weight is 417 g/mol. The molecule has 3 aromatic rings. The Kier molecular flexibility index (Phi) is 6.07. The summed E-state index contributed by atoms with van der Waals surface area (Å²) in [6.45, 7) is 5.78. The number of anilines is 3. The lowest BCUT2D eigenvalue weighted by Gasteiger charge is -2.20. The molecule has 4 N–H and O–H groups in total. The van der Waals surface area contributed by atoms with Gasteiger partial charge in [0, 0.05) is 23.7 Å². The minimum absolute atomic E-state index is 0.147. The van der Waals surface area contributed by atoms with Gasteiger partial charge in [0.05, 0.1) is 11.4 Å². The number of nitrogens with one attached hydrogen (secondary N) is 2. The molecule has 6 nitrogen and oxygen atoms in total. The third-order valence-corrected chi connectivity index (χ3v) is 5.18. The molecule has 0 saturated heterocycles. The fourth-order valence-electron chi connectivity index (χ4n) is 3.00. The van der Waals surface area contributed by atoms with E-state index < -0.39 is 12.2 Å². The SMILES string of the molecule is C=CN(C)/C(=C\C)c1ccc(Nc2cc(N)nc3nc(C(F)F)[nH]c23)c(SC)c1. The highest BCUT2D eigenvalue weighted by Crippen LogP contribution is 2.34. The maximum atomic E-state index is 13.0. The van der Waals surface area contributed by atoms with Crippen LogP contribution < -0.4 is 11.1 Å². The maximum absolute atomic E-state index is 13.0. The summed E-state index contributed by atoms with van der Waals surface area (Å²) in [5.41, 5.74) is 9.78. The van der Waals surface area contributed by atoms with Crippen LogP contribution in [0.25, 0.3) is 16.9 Å². The van der Waals surface area contributed by atoms with Gasteiger partial charge in [-0.2, -0.15) is 0 Å². The first-order valence-corrected chi connectivity index (χ1v) is 10.0. The highest BCUT2D eigenvalue weighted by molar-refractivity contribution is 7.98. The van der Waals surface area contributed by atoms with Crippen LogP contribution in [-0.2, 0) is 0 Å². The van der Waals surface area contributed by atoms with Crippen molar-refractivity contribution in [3.8, 4) is 0 Å². The number of allylic oxidation sites excluding steroid dienone is 1. The highest BCUT2D eigenvalue weighted by atomic mass is 32.2. The molecule has 0 amide bonds. The molecule has 0 radical (unpaired) electrons. The van der Waals surface area contributed by atoms with E-state index in [0.29, 0.717) is 11.2 Å². The molecule has 0 saturated carbocycles. The Bertz CT molecular complexity index is 1080. The van der Waals surface area contributed by atoms with E-state index >= 15 is 0 Å². The van der Waals surface area contributed by atoms with Gasteiger partial charge >= 0.3 is 0 Å². The van der Waals surface area contributed by atoms with Gasteiger partial charge < -0.3 is 20.9 Å². The third-order valence-electron chi connectivity index (χ3n) is 4.40. The summed E-state index contributed by atoms with van der Waals surface area (Å²) in [5, 5.41) is 3.28. The standard InChI is InChI=1S/C20H22F2N6S/c1-5-14(28(3)6-2)11-7-8-12(15(9-11)29-4)24-13-10-16(23)25-19-17(13)26-20(27-19)18(21)22/h5-10,18H,2H2,1,3-4H3,(H4,23,24,25,26,27)/b14-5-. The molecule has 2 aromatic heterocycles. The van der Waals surface area contributed by atoms with Gasteiger partial charge in [-0.3, -0.25) is 0 Å². The molecule has 9 heteroatoms. The smallest absolute Gasteiger partial charge is 0.295 e. The Morgan fingerprint density at radius 2 is 2.07 bits per heavy atom. The Balaban J connectivity index is 2.03. The quantitative estimate of drug-likeness (QED) is 0.449. The number of halogens is 2. The first-order valence-electron chi connectivity index (χ1n) is 8.79. The zero-order chi connectivity index (χ0) is 21.1. The first kappa shape index (κ1) is 20.7. The second kappa shape index (κ2) is 8.52. The van der Waals surface area contributed by atoms with Crippen LogP contribution in [0.15, 0.2) is 48.0 Å². The van der Waals surface area contributed by atoms with Gasteiger partial charge in [-0.15, -0.1) is 11.8 Å². The number of nitrogens with two attached hydrogens (primary N) is 1. The van der Waals surface area contributed by atoms with Crippen molar-refractivity contribution in [3.05, 3.63) is 54.5 Å². The number of rotatable bonds is 7. The van der Waals surface area contributed by atoms with Crippen molar-refractivity contribution >= 4 is 45.8 Å². The summed E-state index contributed by atoms with van der Waals surface area (Å²) in [7, 11) is 1.93. The molecule has 0 aliphatic rings. The summed E-state index contributed by atoms with van der Waals surface area (Å²) < 4.78 is 26.1. The van der Waals surface area contributed by atoms with Crippen molar-refractivity contribution in [3.63, 3.8) is 0 Å². The van der Waals surface area contributed by atoms with Crippen LogP contribution in [0.2, 0.25) is 0 Å². The van der Waals surface area contributed by atoms with Crippen molar-refractivity contribution in [1.82, 2.24) is 19.9 Å². The van der Waals surface area contributed by atoms with Crippen molar-refractivity contribution in [2.24, 2.45) is 0 Å². The third kappa shape index (κ3) is 4.19. The lowest BCUT2D eigenvalue weighted by Crippen LogP contribution is -2.08. The van der Waals surface area contributed by atoms with E-state index in [9.17, 15) is 8.78 Å². The summed E-state index contributed by atoms with van der Waals surface area (Å²) in [6.07, 6.45) is 3.01. The molecule has 0 fully saturated rings. The normalized spacial score (nSPS) is 11.9. The number of imidazole rings is 1. The van der Waals surface area contributed by atoms with E-state index in [2.05, 4.69) is 32.9 Å². The summed E-state index contributed by atoms with van der Waals surface area (Å²) in [6, 6.07) is 7.57. The van der Waals surface area contributed by atoms with Gasteiger partial charge in [0.25, 0.3) is 6.43 Å². The van der Waals surface area contributed by atoms with Crippen LogP contribution in [0.4, 0.5) is 26.0 Å². The molecule has 0 unspecified atom stereocenters. The number of nitrogen functional groups attached to an aromatic ring is 1. The Labute approximate surface area is 171 Å². The fourth-order valence-corrected chi connectivity index (χ4v) is 3.58. The van der Waals surface area contributed by atoms with Gasteiger partial charge in [-0.25, -0.2) is 18.7 Å². The number of alkyl halides is 2. The molecule has 3 rings (SSSR count). The number of fused-ring (bicyclic) bond motifs is 1. The second-order valence-electron chi connectivity index (χ2n) is 6.22. The molecular formula is C20H22F2N6S. The van der Waals surface area contributed by atoms with Crippen LogP contribution in [0, 0.1) is 0 Å². The topological polar surface area (TPSA) is 82.9 Å². The molecule has 0 spiro atoms. The predicted molar refractivity (Wildman–Crippen MR) is 116 cm³/mol. The second-order valence-corrected chi connectivity index (χ2v) is 7.07. The van der Waals surface area contributed by atoms with E-state index in [-0.39, 0.29) is 11.5 Å². The average Bonchev–Trinajstić information content (AvgIpc) is 3.13. The number of thioether (sulfide) groups is 1. The van der Waals surface area contributed by atoms with Gasteiger partial charge in [-0.1, -0.05) is 18.7 Å². The van der Waals surface area contributed by atoms with Crippen LogP contribution in [0.3, 0.4) is 0 Å². The zero-order valence-electron chi connectivity index (χ0n) is 16.3. The number of benzene rings is 1. The van der Waals surface area contributed by atoms with Gasteiger partial charge in [0.2, 0.25) is 0 Å². The van der Waals surface area contributed by atoms with E-state index in [1.165, 1.54) is 0 Å². The van der Waals surface area contributed by atoms with Gasteiger partial charge in [0.15, 0.2) is 11.5 Å². The van der Waals surface area contributed by atoms with E-state index in [4.69, 9.17) is 5.73 Å². The lowest BCUT2D eigenvalue weighted by atomic mass is 10.1. The number of hydrogen-bond donors (Lipinski definition) is 3.